The first-order valence-electron chi connectivity index (χ1n) is 8.48. The van der Waals surface area contributed by atoms with Gasteiger partial charge in [-0.15, -0.1) is 0 Å². The quantitative estimate of drug-likeness (QED) is 0.860. The third kappa shape index (κ3) is 3.73. The van der Waals surface area contributed by atoms with Gasteiger partial charge in [0.05, 0.1) is 12.0 Å². The summed E-state index contributed by atoms with van der Waals surface area (Å²) < 4.78 is 13.2. The van der Waals surface area contributed by atoms with Gasteiger partial charge in [-0.1, -0.05) is 36.2 Å². The number of hydrogen-bond donors (Lipinski definition) is 1. The van der Waals surface area contributed by atoms with Gasteiger partial charge in [-0.3, -0.25) is 9.59 Å². The van der Waals surface area contributed by atoms with Crippen LogP contribution in [0, 0.1) is 5.82 Å². The van der Waals surface area contributed by atoms with Gasteiger partial charge >= 0.3 is 0 Å². The van der Waals surface area contributed by atoms with Crippen molar-refractivity contribution in [3.8, 4) is 0 Å². The van der Waals surface area contributed by atoms with Crippen molar-refractivity contribution < 1.29 is 14.0 Å². The highest BCUT2D eigenvalue weighted by Gasteiger charge is 2.47. The van der Waals surface area contributed by atoms with E-state index >= 15 is 0 Å². The summed E-state index contributed by atoms with van der Waals surface area (Å²) in [6, 6.07) is 12.9. The fourth-order valence-electron chi connectivity index (χ4n) is 3.34. The van der Waals surface area contributed by atoms with E-state index in [1.54, 1.807) is 43.4 Å². The predicted octanol–water partition coefficient (Wildman–Crippen LogP) is 4.00. The van der Waals surface area contributed by atoms with Crippen molar-refractivity contribution in [2.45, 2.75) is 24.7 Å². The molecule has 0 radical (unpaired) electrons. The van der Waals surface area contributed by atoms with Gasteiger partial charge < -0.3 is 10.2 Å². The van der Waals surface area contributed by atoms with Crippen molar-refractivity contribution in [3.05, 3.63) is 64.9 Å². The Labute approximate surface area is 157 Å². The van der Waals surface area contributed by atoms with Crippen LogP contribution in [0.1, 0.15) is 24.8 Å². The highest BCUT2D eigenvalue weighted by atomic mass is 35.5. The zero-order chi connectivity index (χ0) is 18.7. The zero-order valence-electron chi connectivity index (χ0n) is 14.5. The molecule has 2 amide bonds. The molecule has 2 aromatic rings. The molecule has 3 rings (SSSR count). The molecular formula is C20H20ClFN2O2. The number of carbonyl (C=O) groups is 2. The summed E-state index contributed by atoms with van der Waals surface area (Å²) in [6.07, 6.45) is 2.35. The minimum absolute atomic E-state index is 0.0612. The van der Waals surface area contributed by atoms with E-state index in [2.05, 4.69) is 5.32 Å². The van der Waals surface area contributed by atoms with Gasteiger partial charge in [-0.05, 0) is 48.7 Å². The molecule has 0 heterocycles. The molecule has 0 unspecified atom stereocenters. The zero-order valence-corrected chi connectivity index (χ0v) is 15.2. The van der Waals surface area contributed by atoms with Crippen molar-refractivity contribution in [1.82, 2.24) is 4.90 Å². The maximum Gasteiger partial charge on any atom is 0.243 e. The third-order valence-corrected chi connectivity index (χ3v) is 5.08. The number of anilines is 1. The van der Waals surface area contributed by atoms with Crippen LogP contribution in [0.2, 0.25) is 5.02 Å². The molecule has 4 nitrogen and oxygen atoms in total. The SMILES string of the molecule is CN(CC(=O)Nc1cccc(Cl)c1)C(=O)C1(c2ccc(F)cc2)CCC1. The molecule has 1 N–H and O–H groups in total. The molecule has 136 valence electrons. The number of hydrogen-bond acceptors (Lipinski definition) is 2. The molecule has 26 heavy (non-hydrogen) atoms. The first-order valence-corrected chi connectivity index (χ1v) is 8.85. The molecule has 0 aliphatic heterocycles. The smallest absolute Gasteiger partial charge is 0.243 e. The summed E-state index contributed by atoms with van der Waals surface area (Å²) in [5, 5.41) is 3.26. The number of nitrogens with one attached hydrogen (secondary N) is 1. The summed E-state index contributed by atoms with van der Waals surface area (Å²) in [6.45, 7) is -0.0612. The van der Waals surface area contributed by atoms with Crippen molar-refractivity contribution in [2.75, 3.05) is 18.9 Å². The van der Waals surface area contributed by atoms with Crippen LogP contribution in [-0.2, 0) is 15.0 Å². The van der Waals surface area contributed by atoms with Gasteiger partial charge in [0.2, 0.25) is 11.8 Å². The number of amides is 2. The van der Waals surface area contributed by atoms with E-state index in [4.69, 9.17) is 11.6 Å². The van der Waals surface area contributed by atoms with Crippen molar-refractivity contribution in [1.29, 1.82) is 0 Å². The van der Waals surface area contributed by atoms with Gasteiger partial charge in [0.1, 0.15) is 5.82 Å². The van der Waals surface area contributed by atoms with Crippen LogP contribution in [0.4, 0.5) is 10.1 Å². The standard InChI is InChI=1S/C20H20ClFN2O2/c1-24(13-18(25)23-17-5-2-4-15(21)12-17)19(26)20(10-3-11-20)14-6-8-16(22)9-7-14/h2,4-9,12H,3,10-11,13H2,1H3,(H,23,25). The van der Waals surface area contributed by atoms with Crippen LogP contribution in [-0.4, -0.2) is 30.3 Å². The Morgan fingerprint density at radius 1 is 1.19 bits per heavy atom. The van der Waals surface area contributed by atoms with E-state index in [0.29, 0.717) is 23.6 Å². The van der Waals surface area contributed by atoms with Gasteiger partial charge in [0.25, 0.3) is 0 Å². The van der Waals surface area contributed by atoms with Crippen molar-refractivity contribution in [2.24, 2.45) is 0 Å². The van der Waals surface area contributed by atoms with E-state index in [1.807, 2.05) is 0 Å². The first-order chi connectivity index (χ1) is 12.4. The summed E-state index contributed by atoms with van der Waals surface area (Å²) >= 11 is 5.91. The molecule has 0 saturated heterocycles. The third-order valence-electron chi connectivity index (χ3n) is 4.85. The second-order valence-corrected chi connectivity index (χ2v) is 7.10. The van der Waals surface area contributed by atoms with Crippen LogP contribution in [0.3, 0.4) is 0 Å². The topological polar surface area (TPSA) is 49.4 Å². The highest BCUT2D eigenvalue weighted by Crippen LogP contribution is 2.45. The minimum atomic E-state index is -0.654. The molecule has 0 atom stereocenters. The lowest BCUT2D eigenvalue weighted by Crippen LogP contribution is -2.51. The number of nitrogens with zero attached hydrogens (tertiary/aromatic N) is 1. The van der Waals surface area contributed by atoms with Gasteiger partial charge in [-0.2, -0.15) is 0 Å². The first kappa shape index (κ1) is 18.4. The number of carbonyl (C=O) groups excluding carboxylic acids is 2. The largest absolute Gasteiger partial charge is 0.336 e. The monoisotopic (exact) mass is 374 g/mol. The van der Waals surface area contributed by atoms with E-state index in [9.17, 15) is 14.0 Å². The molecule has 0 aromatic heterocycles. The van der Waals surface area contributed by atoms with E-state index in [0.717, 1.165) is 12.0 Å². The van der Waals surface area contributed by atoms with E-state index in [1.165, 1.54) is 17.0 Å². The molecule has 1 fully saturated rings. The van der Waals surface area contributed by atoms with Crippen LogP contribution < -0.4 is 5.32 Å². The van der Waals surface area contributed by atoms with Crippen LogP contribution in [0.15, 0.2) is 48.5 Å². The second-order valence-electron chi connectivity index (χ2n) is 6.66. The van der Waals surface area contributed by atoms with Crippen LogP contribution >= 0.6 is 11.6 Å². The molecule has 6 heteroatoms. The van der Waals surface area contributed by atoms with E-state index < -0.39 is 5.41 Å². The Kier molecular flexibility index (Phi) is 5.28. The molecule has 0 spiro atoms. The lowest BCUT2D eigenvalue weighted by molar-refractivity contribution is -0.141. The Bertz CT molecular complexity index is 819. The van der Waals surface area contributed by atoms with Crippen molar-refractivity contribution >= 4 is 29.1 Å². The summed E-state index contributed by atoms with van der Waals surface area (Å²) in [5.41, 5.74) is 0.733. The Balaban J connectivity index is 1.68. The molecule has 1 saturated carbocycles. The normalized spacial score (nSPS) is 15.0. The average molecular weight is 375 g/mol. The average Bonchev–Trinajstić information content (AvgIpc) is 2.55. The number of likely N-dealkylation sites (N-methyl/N-ethyl adjacent to an activating group) is 1. The number of rotatable bonds is 5. The van der Waals surface area contributed by atoms with Gasteiger partial charge in [0, 0.05) is 17.8 Å². The summed E-state index contributed by atoms with van der Waals surface area (Å²) in [4.78, 5) is 26.7. The van der Waals surface area contributed by atoms with Crippen molar-refractivity contribution in [3.63, 3.8) is 0 Å². The lowest BCUT2D eigenvalue weighted by Gasteiger charge is -2.43. The minimum Gasteiger partial charge on any atom is -0.336 e. The fourth-order valence-corrected chi connectivity index (χ4v) is 3.53. The second kappa shape index (κ2) is 7.46. The predicted molar refractivity (Wildman–Crippen MR) is 99.6 cm³/mol. The van der Waals surface area contributed by atoms with Gasteiger partial charge in [-0.25, -0.2) is 4.39 Å². The molecule has 1 aliphatic rings. The maximum atomic E-state index is 13.2. The van der Waals surface area contributed by atoms with E-state index in [-0.39, 0.29) is 24.2 Å². The lowest BCUT2D eigenvalue weighted by atomic mass is 9.63. The van der Waals surface area contributed by atoms with Crippen LogP contribution in [0.25, 0.3) is 0 Å². The highest BCUT2D eigenvalue weighted by molar-refractivity contribution is 6.30. The fraction of sp³-hybridized carbons (Fsp3) is 0.300. The summed E-state index contributed by atoms with van der Waals surface area (Å²) in [5.74, 6) is -0.738. The maximum absolute atomic E-state index is 13.2. The number of benzene rings is 2. The molecule has 0 bridgehead atoms. The molecular weight excluding hydrogens is 355 g/mol. The Morgan fingerprint density at radius 2 is 1.88 bits per heavy atom. The summed E-state index contributed by atoms with van der Waals surface area (Å²) in [7, 11) is 1.61. The Morgan fingerprint density at radius 3 is 2.46 bits per heavy atom. The number of halogens is 2. The Hall–Kier alpha value is -2.40. The molecule has 2 aromatic carbocycles. The van der Waals surface area contributed by atoms with Gasteiger partial charge in [0.15, 0.2) is 0 Å². The van der Waals surface area contributed by atoms with Crippen LogP contribution in [0.5, 0.6) is 0 Å². The molecule has 1 aliphatic carbocycles.